The molecule has 1 aromatic carbocycles. The average Bonchev–Trinajstić information content (AvgIpc) is 3.33. The number of aromatic nitrogens is 4. The van der Waals surface area contributed by atoms with Gasteiger partial charge >= 0.3 is 0 Å². The van der Waals surface area contributed by atoms with E-state index in [0.29, 0.717) is 23.2 Å². The lowest BCUT2D eigenvalue weighted by molar-refractivity contribution is 0.602. The van der Waals surface area contributed by atoms with Crippen molar-refractivity contribution < 1.29 is 9.84 Å². The minimum Gasteiger partial charge on any atom is -0.324 e. The van der Waals surface area contributed by atoms with Gasteiger partial charge in [-0.15, -0.1) is 0 Å². The molecule has 8 nitrogen and oxygen atoms in total. The molecule has 1 aliphatic carbocycles. The second-order valence-corrected chi connectivity index (χ2v) is 8.42. The third-order valence-electron chi connectivity index (χ3n) is 4.27. The molecule has 9 heteroatoms. The molecule has 1 saturated carbocycles. The summed E-state index contributed by atoms with van der Waals surface area (Å²) >= 11 is 0. The van der Waals surface area contributed by atoms with Gasteiger partial charge in [-0.05, 0) is 37.1 Å². The van der Waals surface area contributed by atoms with E-state index in [-0.39, 0.29) is 6.32 Å². The Morgan fingerprint density at radius 2 is 1.93 bits per heavy atom. The van der Waals surface area contributed by atoms with Crippen molar-refractivity contribution in [2.75, 3.05) is 11.6 Å². The number of nitrogens with one attached hydrogen (secondary N) is 2. The smallest absolute Gasteiger partial charge is 0.229 e. The quantitative estimate of drug-likeness (QED) is 0.706. The van der Waals surface area contributed by atoms with Crippen molar-refractivity contribution in [1.82, 2.24) is 20.2 Å². The number of sulfone groups is 1. The van der Waals surface area contributed by atoms with Crippen LogP contribution in [0.25, 0.3) is 11.0 Å². The minimum atomic E-state index is -3.19. The first-order valence-electron chi connectivity index (χ1n) is 8.58. The topological polar surface area (TPSA) is 124 Å². The van der Waals surface area contributed by atoms with E-state index in [1.54, 1.807) is 24.5 Å². The summed E-state index contributed by atoms with van der Waals surface area (Å²) in [5, 5.41) is 18.8. The Morgan fingerprint density at radius 3 is 2.52 bits per heavy atom. The molecular formula is C18H22N6O2S. The molecule has 2 heterocycles. The molecule has 0 unspecified atom stereocenters. The SMILES string of the molecule is CS(=O)(=O)c1ccc(Nc2ncc3cn[nH]c3n2)cc1.N#CC1CCCC1.[HH]. The molecule has 1 aliphatic rings. The highest BCUT2D eigenvalue weighted by Gasteiger charge is 2.12. The lowest BCUT2D eigenvalue weighted by Crippen LogP contribution is -1.99. The Bertz CT molecular complexity index is 1050. The molecule has 0 amide bonds. The summed E-state index contributed by atoms with van der Waals surface area (Å²) in [5.41, 5.74) is 1.34. The van der Waals surface area contributed by atoms with E-state index in [0.717, 1.165) is 18.2 Å². The fraction of sp³-hybridized carbons (Fsp3) is 0.333. The van der Waals surface area contributed by atoms with E-state index in [4.69, 9.17) is 5.26 Å². The Balaban J connectivity index is 0.000000298. The summed E-state index contributed by atoms with van der Waals surface area (Å²) in [6.45, 7) is 0. The van der Waals surface area contributed by atoms with Gasteiger partial charge in [0.15, 0.2) is 15.5 Å². The van der Waals surface area contributed by atoms with E-state index in [1.807, 2.05) is 0 Å². The molecule has 142 valence electrons. The standard InChI is InChI=1S/C12H11N5O2S.C6H9N.H2/c1-20(18,19)10-4-2-9(3-5-10)15-12-13-6-8-7-14-17-11(8)16-12;7-5-6-3-1-2-4-6;/h2-7H,1H3,(H2,13,14,15,16,17);6H,1-4H2;1H. The summed E-state index contributed by atoms with van der Waals surface area (Å²) in [6, 6.07) is 8.66. The summed E-state index contributed by atoms with van der Waals surface area (Å²) in [7, 11) is -3.19. The van der Waals surface area contributed by atoms with Crippen LogP contribution in [0.5, 0.6) is 0 Å². The molecule has 0 spiro atoms. The van der Waals surface area contributed by atoms with Gasteiger partial charge in [0.2, 0.25) is 5.95 Å². The van der Waals surface area contributed by atoms with E-state index in [2.05, 4.69) is 31.6 Å². The van der Waals surface area contributed by atoms with Crippen LogP contribution in [0.3, 0.4) is 0 Å². The highest BCUT2D eigenvalue weighted by Crippen LogP contribution is 2.23. The summed E-state index contributed by atoms with van der Waals surface area (Å²) in [5.74, 6) is 0.814. The first-order valence-corrected chi connectivity index (χ1v) is 10.5. The third-order valence-corrected chi connectivity index (χ3v) is 5.40. The lowest BCUT2D eigenvalue weighted by Gasteiger charge is -2.05. The summed E-state index contributed by atoms with van der Waals surface area (Å²) < 4.78 is 22.7. The molecule has 0 atom stereocenters. The first kappa shape index (κ1) is 18.8. The number of nitrogens with zero attached hydrogens (tertiary/aromatic N) is 4. The van der Waals surface area contributed by atoms with Gasteiger partial charge in [0.05, 0.1) is 22.5 Å². The molecule has 3 aromatic rings. The number of aromatic amines is 1. The molecule has 0 radical (unpaired) electrons. The molecular weight excluding hydrogens is 364 g/mol. The van der Waals surface area contributed by atoms with E-state index in [9.17, 15) is 8.42 Å². The maximum absolute atomic E-state index is 11.4. The number of benzene rings is 1. The normalized spacial score (nSPS) is 14.4. The number of nitriles is 1. The number of rotatable bonds is 3. The predicted octanol–water partition coefficient (Wildman–Crippen LogP) is 3.45. The van der Waals surface area contributed by atoms with E-state index < -0.39 is 9.84 Å². The largest absolute Gasteiger partial charge is 0.324 e. The highest BCUT2D eigenvalue weighted by molar-refractivity contribution is 7.90. The predicted molar refractivity (Wildman–Crippen MR) is 104 cm³/mol. The van der Waals surface area contributed by atoms with E-state index in [1.165, 1.54) is 31.2 Å². The van der Waals surface area contributed by atoms with Gasteiger partial charge in [0, 0.05) is 25.5 Å². The van der Waals surface area contributed by atoms with Crippen LogP contribution in [-0.4, -0.2) is 34.8 Å². The zero-order chi connectivity index (χ0) is 19.3. The Labute approximate surface area is 159 Å². The average molecular weight is 386 g/mol. The van der Waals surface area contributed by atoms with Gasteiger partial charge in [-0.3, -0.25) is 5.10 Å². The van der Waals surface area contributed by atoms with Crippen molar-refractivity contribution >= 4 is 32.5 Å². The number of hydrogen-bond donors (Lipinski definition) is 2. The van der Waals surface area contributed by atoms with Gasteiger partial charge in [-0.2, -0.15) is 15.3 Å². The second-order valence-electron chi connectivity index (χ2n) is 6.40. The van der Waals surface area contributed by atoms with Crippen molar-refractivity contribution in [2.24, 2.45) is 5.92 Å². The number of H-pyrrole nitrogens is 1. The molecule has 0 aliphatic heterocycles. The highest BCUT2D eigenvalue weighted by atomic mass is 32.2. The van der Waals surface area contributed by atoms with Crippen molar-refractivity contribution in [3.8, 4) is 6.07 Å². The third kappa shape index (κ3) is 5.01. The van der Waals surface area contributed by atoms with Crippen molar-refractivity contribution in [1.29, 1.82) is 5.26 Å². The second kappa shape index (κ2) is 8.14. The fourth-order valence-corrected chi connectivity index (χ4v) is 3.40. The van der Waals surface area contributed by atoms with Gasteiger partial charge in [0.25, 0.3) is 0 Å². The Morgan fingerprint density at radius 1 is 1.22 bits per heavy atom. The molecule has 4 rings (SSSR count). The molecule has 0 saturated heterocycles. The molecule has 2 N–H and O–H groups in total. The van der Waals surface area contributed by atoms with Crippen molar-refractivity contribution in [3.05, 3.63) is 36.7 Å². The van der Waals surface area contributed by atoms with Crippen molar-refractivity contribution in [2.45, 2.75) is 30.6 Å². The van der Waals surface area contributed by atoms with Gasteiger partial charge in [-0.1, -0.05) is 12.8 Å². The molecule has 2 aromatic heterocycles. The Kier molecular flexibility index (Phi) is 5.66. The maximum Gasteiger partial charge on any atom is 0.229 e. The molecule has 27 heavy (non-hydrogen) atoms. The first-order chi connectivity index (χ1) is 13.0. The summed E-state index contributed by atoms with van der Waals surface area (Å²) in [4.78, 5) is 8.66. The van der Waals surface area contributed by atoms with Crippen LogP contribution in [0.15, 0.2) is 41.6 Å². The van der Waals surface area contributed by atoms with Crippen molar-refractivity contribution in [3.63, 3.8) is 0 Å². The van der Waals surface area contributed by atoms with Crippen LogP contribution in [0, 0.1) is 17.2 Å². The van der Waals surface area contributed by atoms with Gasteiger partial charge in [0.1, 0.15) is 0 Å². The van der Waals surface area contributed by atoms with Crippen LogP contribution in [0.1, 0.15) is 27.1 Å². The van der Waals surface area contributed by atoms with Crippen LogP contribution in [-0.2, 0) is 9.84 Å². The number of anilines is 2. The molecule has 1 fully saturated rings. The Hall–Kier alpha value is -2.99. The maximum atomic E-state index is 11.4. The monoisotopic (exact) mass is 386 g/mol. The summed E-state index contributed by atoms with van der Waals surface area (Å²) in [6.07, 6.45) is 9.31. The number of fused-ring (bicyclic) bond motifs is 1. The zero-order valence-electron chi connectivity index (χ0n) is 14.9. The van der Waals surface area contributed by atoms with E-state index >= 15 is 0 Å². The minimum absolute atomic E-state index is 0. The van der Waals surface area contributed by atoms with Crippen LogP contribution < -0.4 is 5.32 Å². The van der Waals surface area contributed by atoms with Gasteiger partial charge < -0.3 is 5.32 Å². The van der Waals surface area contributed by atoms with Gasteiger partial charge in [-0.25, -0.2) is 13.4 Å². The van der Waals surface area contributed by atoms with Crippen LogP contribution in [0.4, 0.5) is 11.6 Å². The zero-order valence-corrected chi connectivity index (χ0v) is 15.7. The number of hydrogen-bond acceptors (Lipinski definition) is 7. The fourth-order valence-electron chi connectivity index (χ4n) is 2.77. The molecule has 0 bridgehead atoms. The van der Waals surface area contributed by atoms with Crippen LogP contribution in [0.2, 0.25) is 0 Å². The van der Waals surface area contributed by atoms with Crippen LogP contribution >= 0.6 is 0 Å². The lowest BCUT2D eigenvalue weighted by atomic mass is 10.1.